The average molecular weight is 311 g/mol. The highest BCUT2D eigenvalue weighted by Crippen LogP contribution is 2.26. The summed E-state index contributed by atoms with van der Waals surface area (Å²) in [6.07, 6.45) is 2.41. The number of carboxylic acid groups (broad SMARTS) is 1. The Morgan fingerprint density at radius 3 is 2.67 bits per heavy atom. The Morgan fingerprint density at radius 1 is 1.52 bits per heavy atom. The van der Waals surface area contributed by atoms with E-state index in [-0.39, 0.29) is 5.92 Å². The molecule has 1 atom stereocenters. The van der Waals surface area contributed by atoms with Crippen LogP contribution in [0, 0.1) is 6.92 Å². The smallest absolute Gasteiger partial charge is 0.347 e. The van der Waals surface area contributed by atoms with Crippen molar-refractivity contribution in [1.82, 2.24) is 14.8 Å². The van der Waals surface area contributed by atoms with E-state index in [1.165, 1.54) is 24.2 Å². The second-order valence-corrected chi connectivity index (χ2v) is 7.18. The molecule has 2 heterocycles. The number of likely N-dealkylation sites (N-methyl/N-ethyl adjacent to an activating group) is 1. The van der Waals surface area contributed by atoms with Crippen molar-refractivity contribution in [3.63, 3.8) is 0 Å². The zero-order valence-corrected chi connectivity index (χ0v) is 14.1. The van der Waals surface area contributed by atoms with Crippen LogP contribution in [-0.2, 0) is 0 Å². The molecule has 0 radical (unpaired) electrons. The van der Waals surface area contributed by atoms with Crippen molar-refractivity contribution < 1.29 is 9.90 Å². The summed E-state index contributed by atoms with van der Waals surface area (Å²) in [5, 5.41) is 10.1. The number of piperidine rings is 1. The summed E-state index contributed by atoms with van der Waals surface area (Å²) in [4.78, 5) is 20.7. The molecular formula is C15H25N3O2S. The third-order valence-corrected chi connectivity index (χ3v) is 5.68. The van der Waals surface area contributed by atoms with Crippen molar-refractivity contribution in [2.45, 2.75) is 38.6 Å². The lowest BCUT2D eigenvalue weighted by molar-refractivity contribution is 0.0701. The van der Waals surface area contributed by atoms with Gasteiger partial charge in [0.2, 0.25) is 0 Å². The molecule has 0 aromatic carbocycles. The Kier molecular flexibility index (Phi) is 5.35. The number of carboxylic acids is 1. The largest absolute Gasteiger partial charge is 0.477 e. The topological polar surface area (TPSA) is 56.7 Å². The van der Waals surface area contributed by atoms with Crippen LogP contribution in [0.5, 0.6) is 0 Å². The Balaban J connectivity index is 1.96. The van der Waals surface area contributed by atoms with Crippen LogP contribution in [0.1, 0.15) is 46.1 Å². The number of carbonyl (C=O) groups is 1. The molecule has 0 aliphatic carbocycles. The number of likely N-dealkylation sites (tertiary alicyclic amines) is 1. The molecule has 1 fully saturated rings. The van der Waals surface area contributed by atoms with E-state index in [1.54, 1.807) is 6.92 Å². The van der Waals surface area contributed by atoms with Gasteiger partial charge >= 0.3 is 5.97 Å². The molecule has 1 aliphatic heterocycles. The van der Waals surface area contributed by atoms with Crippen molar-refractivity contribution in [3.05, 3.63) is 15.6 Å². The first-order valence-corrected chi connectivity index (χ1v) is 8.29. The van der Waals surface area contributed by atoms with Gasteiger partial charge in [0, 0.05) is 18.5 Å². The van der Waals surface area contributed by atoms with Crippen molar-refractivity contribution in [2.75, 3.05) is 33.7 Å². The van der Waals surface area contributed by atoms with E-state index >= 15 is 0 Å². The summed E-state index contributed by atoms with van der Waals surface area (Å²) in [6, 6.07) is 0.628. The van der Waals surface area contributed by atoms with Crippen LogP contribution in [0.3, 0.4) is 0 Å². The maximum absolute atomic E-state index is 11.1. The van der Waals surface area contributed by atoms with E-state index in [1.807, 2.05) is 0 Å². The van der Waals surface area contributed by atoms with Gasteiger partial charge in [0.1, 0.15) is 4.88 Å². The summed E-state index contributed by atoms with van der Waals surface area (Å²) in [5.74, 6) is -0.599. The predicted molar refractivity (Wildman–Crippen MR) is 85.4 cm³/mol. The number of aryl methyl sites for hydroxylation is 1. The first kappa shape index (κ1) is 16.4. The molecule has 0 bridgehead atoms. The Labute approximate surface area is 130 Å². The number of nitrogens with zero attached hydrogens (tertiary/aromatic N) is 3. The number of aromatic carboxylic acids is 1. The van der Waals surface area contributed by atoms with Gasteiger partial charge in [-0.15, -0.1) is 11.3 Å². The minimum absolute atomic E-state index is 0.270. The summed E-state index contributed by atoms with van der Waals surface area (Å²) < 4.78 is 0. The average Bonchev–Trinajstić information content (AvgIpc) is 2.81. The van der Waals surface area contributed by atoms with Gasteiger partial charge in [-0.3, -0.25) is 0 Å². The fraction of sp³-hybridized carbons (Fsp3) is 0.733. The number of thiazole rings is 1. The predicted octanol–water partition coefficient (Wildman–Crippen LogP) is 2.28. The third kappa shape index (κ3) is 4.02. The van der Waals surface area contributed by atoms with E-state index in [0.717, 1.165) is 24.6 Å². The lowest BCUT2D eigenvalue weighted by Crippen LogP contribution is -2.43. The molecule has 0 amide bonds. The van der Waals surface area contributed by atoms with Gasteiger partial charge < -0.3 is 14.9 Å². The molecule has 1 unspecified atom stereocenters. The molecule has 1 aromatic heterocycles. The highest BCUT2D eigenvalue weighted by Gasteiger charge is 2.24. The van der Waals surface area contributed by atoms with E-state index < -0.39 is 5.97 Å². The summed E-state index contributed by atoms with van der Waals surface area (Å²) in [5.41, 5.74) is 0.635. The maximum Gasteiger partial charge on any atom is 0.347 e. The monoisotopic (exact) mass is 311 g/mol. The number of hydrogen-bond acceptors (Lipinski definition) is 5. The molecule has 1 aromatic rings. The molecule has 0 saturated carbocycles. The molecule has 0 spiro atoms. The fourth-order valence-corrected chi connectivity index (χ4v) is 3.87. The fourth-order valence-electron chi connectivity index (χ4n) is 2.92. The summed E-state index contributed by atoms with van der Waals surface area (Å²) in [7, 11) is 4.34. The van der Waals surface area contributed by atoms with Gasteiger partial charge in [0.05, 0.1) is 10.7 Å². The zero-order chi connectivity index (χ0) is 15.6. The van der Waals surface area contributed by atoms with Crippen LogP contribution < -0.4 is 0 Å². The van der Waals surface area contributed by atoms with Crippen molar-refractivity contribution >= 4 is 17.3 Å². The van der Waals surface area contributed by atoms with Gasteiger partial charge in [0.15, 0.2) is 0 Å². The third-order valence-electron chi connectivity index (χ3n) is 4.30. The molecule has 6 heteroatoms. The molecule has 118 valence electrons. The number of aromatic nitrogens is 1. The molecule has 1 N–H and O–H groups in total. The quantitative estimate of drug-likeness (QED) is 0.904. The Bertz CT molecular complexity index is 495. The van der Waals surface area contributed by atoms with Gasteiger partial charge in [-0.25, -0.2) is 9.78 Å². The van der Waals surface area contributed by atoms with Crippen molar-refractivity contribution in [1.29, 1.82) is 0 Å². The van der Waals surface area contributed by atoms with Gasteiger partial charge in [-0.1, -0.05) is 6.92 Å². The summed E-state index contributed by atoms with van der Waals surface area (Å²) >= 11 is 1.32. The van der Waals surface area contributed by atoms with E-state index in [2.05, 4.69) is 35.8 Å². The van der Waals surface area contributed by atoms with Crippen LogP contribution in [0.25, 0.3) is 0 Å². The molecule has 5 nitrogen and oxygen atoms in total. The van der Waals surface area contributed by atoms with Gasteiger partial charge in [-0.2, -0.15) is 0 Å². The lowest BCUT2D eigenvalue weighted by atomic mass is 10.0. The molecule has 1 aliphatic rings. The number of hydrogen-bond donors (Lipinski definition) is 1. The summed E-state index contributed by atoms with van der Waals surface area (Å²) in [6.45, 7) is 7.15. The van der Waals surface area contributed by atoms with E-state index in [0.29, 0.717) is 16.6 Å². The number of rotatable bonds is 5. The first-order valence-electron chi connectivity index (χ1n) is 7.48. The molecule has 1 saturated heterocycles. The molecule has 2 rings (SSSR count). The van der Waals surface area contributed by atoms with Crippen molar-refractivity contribution in [3.8, 4) is 0 Å². The highest BCUT2D eigenvalue weighted by molar-refractivity contribution is 7.13. The van der Waals surface area contributed by atoms with E-state index in [9.17, 15) is 4.79 Å². The second-order valence-electron chi connectivity index (χ2n) is 6.15. The zero-order valence-electron chi connectivity index (χ0n) is 13.3. The van der Waals surface area contributed by atoms with Gasteiger partial charge in [-0.05, 0) is 47.0 Å². The Morgan fingerprint density at radius 2 is 2.14 bits per heavy atom. The maximum atomic E-state index is 11.1. The molecule has 21 heavy (non-hydrogen) atoms. The minimum atomic E-state index is -0.868. The highest BCUT2D eigenvalue weighted by atomic mass is 32.1. The standard InChI is InChI=1S/C15H25N3O2S/c1-10(14-16-11(2)13(21-14)15(19)20)9-18(4)12-5-7-17(3)8-6-12/h10,12H,5-9H2,1-4H3,(H,19,20). The van der Waals surface area contributed by atoms with Crippen LogP contribution in [0.15, 0.2) is 0 Å². The van der Waals surface area contributed by atoms with Crippen LogP contribution in [-0.4, -0.2) is 65.6 Å². The normalized spacial score (nSPS) is 19.1. The lowest BCUT2D eigenvalue weighted by Gasteiger charge is -2.36. The van der Waals surface area contributed by atoms with Crippen LogP contribution >= 0.6 is 11.3 Å². The first-order chi connectivity index (χ1) is 9.88. The SMILES string of the molecule is Cc1nc(C(C)CN(C)C2CCN(C)CC2)sc1C(=O)O. The minimum Gasteiger partial charge on any atom is -0.477 e. The van der Waals surface area contributed by atoms with Gasteiger partial charge in [0.25, 0.3) is 0 Å². The van der Waals surface area contributed by atoms with E-state index in [4.69, 9.17) is 5.11 Å². The van der Waals surface area contributed by atoms with Crippen LogP contribution in [0.2, 0.25) is 0 Å². The second kappa shape index (κ2) is 6.85. The molecular weight excluding hydrogens is 286 g/mol. The van der Waals surface area contributed by atoms with Crippen molar-refractivity contribution in [2.24, 2.45) is 0 Å². The van der Waals surface area contributed by atoms with Crippen LogP contribution in [0.4, 0.5) is 0 Å². The Hall–Kier alpha value is -0.980.